The summed E-state index contributed by atoms with van der Waals surface area (Å²) in [7, 11) is 3.05. The van der Waals surface area contributed by atoms with Crippen molar-refractivity contribution < 1.29 is 24.3 Å². The highest BCUT2D eigenvalue weighted by atomic mass is 16.6. The number of non-ortho nitro benzene ring substituents is 1. The molecule has 1 atom stereocenters. The molecule has 1 amide bonds. The Balaban J connectivity index is 1.90. The van der Waals surface area contributed by atoms with Gasteiger partial charge in [0.05, 0.1) is 31.7 Å². The summed E-state index contributed by atoms with van der Waals surface area (Å²) in [5.74, 6) is 0.840. The quantitative estimate of drug-likeness (QED) is 0.550. The second-order valence-electron chi connectivity index (χ2n) is 5.53. The van der Waals surface area contributed by atoms with Gasteiger partial charge in [0.15, 0.2) is 11.5 Å². The van der Waals surface area contributed by atoms with Crippen LogP contribution in [0.5, 0.6) is 11.5 Å². The second-order valence-corrected chi connectivity index (χ2v) is 5.53. The molecule has 8 heteroatoms. The summed E-state index contributed by atoms with van der Waals surface area (Å²) in [5, 5.41) is 23.4. The molecule has 0 aliphatic rings. The summed E-state index contributed by atoms with van der Waals surface area (Å²) in [6.45, 7) is 0.00390. The minimum absolute atomic E-state index is 0.00390. The SMILES string of the molecule is COc1ccc(CC(=O)NCC(O)c2ccc([N+](=O)[O-])cc2)cc1OC. The molecule has 0 aliphatic carbocycles. The third kappa shape index (κ3) is 4.93. The minimum Gasteiger partial charge on any atom is -0.493 e. The van der Waals surface area contributed by atoms with E-state index in [-0.39, 0.29) is 24.6 Å². The average molecular weight is 360 g/mol. The molecule has 0 radical (unpaired) electrons. The van der Waals surface area contributed by atoms with Crippen molar-refractivity contribution in [3.8, 4) is 11.5 Å². The molecule has 8 nitrogen and oxygen atoms in total. The van der Waals surface area contributed by atoms with Gasteiger partial charge in [0, 0.05) is 18.7 Å². The Bertz CT molecular complexity index is 776. The molecule has 0 spiro atoms. The fourth-order valence-corrected chi connectivity index (χ4v) is 2.39. The minimum atomic E-state index is -0.954. The van der Waals surface area contributed by atoms with Crippen molar-refractivity contribution in [2.45, 2.75) is 12.5 Å². The van der Waals surface area contributed by atoms with Gasteiger partial charge in [-0.15, -0.1) is 0 Å². The van der Waals surface area contributed by atoms with E-state index in [9.17, 15) is 20.0 Å². The molecular weight excluding hydrogens is 340 g/mol. The van der Waals surface area contributed by atoms with Crippen LogP contribution in [0.25, 0.3) is 0 Å². The molecule has 2 N–H and O–H groups in total. The van der Waals surface area contributed by atoms with E-state index in [1.165, 1.54) is 38.5 Å². The molecule has 0 aliphatic heterocycles. The molecule has 0 saturated carbocycles. The van der Waals surface area contributed by atoms with Gasteiger partial charge in [-0.05, 0) is 35.4 Å². The molecule has 0 bridgehead atoms. The van der Waals surface area contributed by atoms with E-state index in [0.717, 1.165) is 5.56 Å². The molecule has 138 valence electrons. The Morgan fingerprint density at radius 1 is 1.15 bits per heavy atom. The van der Waals surface area contributed by atoms with Crippen molar-refractivity contribution >= 4 is 11.6 Å². The third-order valence-corrected chi connectivity index (χ3v) is 3.79. The topological polar surface area (TPSA) is 111 Å². The standard InChI is InChI=1S/C18H20N2O6/c1-25-16-8-3-12(9-17(16)26-2)10-18(22)19-11-15(21)13-4-6-14(7-5-13)20(23)24/h3-9,15,21H,10-11H2,1-2H3,(H,19,22). The number of nitro groups is 1. The van der Waals surface area contributed by atoms with E-state index >= 15 is 0 Å². The fourth-order valence-electron chi connectivity index (χ4n) is 2.39. The Kier molecular flexibility index (Phi) is 6.51. The highest BCUT2D eigenvalue weighted by molar-refractivity contribution is 5.78. The molecule has 0 heterocycles. The Hall–Kier alpha value is -3.13. The molecule has 0 saturated heterocycles. The van der Waals surface area contributed by atoms with Crippen LogP contribution in [-0.2, 0) is 11.2 Å². The average Bonchev–Trinajstić information content (AvgIpc) is 2.66. The van der Waals surface area contributed by atoms with Crippen molar-refractivity contribution in [2.24, 2.45) is 0 Å². The van der Waals surface area contributed by atoms with E-state index in [4.69, 9.17) is 9.47 Å². The van der Waals surface area contributed by atoms with Gasteiger partial charge in [-0.2, -0.15) is 0 Å². The van der Waals surface area contributed by atoms with Crippen molar-refractivity contribution in [1.29, 1.82) is 0 Å². The van der Waals surface area contributed by atoms with Crippen LogP contribution < -0.4 is 14.8 Å². The molecule has 26 heavy (non-hydrogen) atoms. The number of nitrogens with one attached hydrogen (secondary N) is 1. The monoisotopic (exact) mass is 360 g/mol. The normalized spacial score (nSPS) is 11.5. The number of benzene rings is 2. The van der Waals surface area contributed by atoms with Gasteiger partial charge in [0.25, 0.3) is 5.69 Å². The van der Waals surface area contributed by atoms with Crippen molar-refractivity contribution in [2.75, 3.05) is 20.8 Å². The van der Waals surface area contributed by atoms with Crippen LogP contribution in [0.2, 0.25) is 0 Å². The van der Waals surface area contributed by atoms with Crippen molar-refractivity contribution in [3.05, 3.63) is 63.7 Å². The predicted octanol–water partition coefficient (Wildman–Crippen LogP) is 2.00. The lowest BCUT2D eigenvalue weighted by Gasteiger charge is -2.13. The Labute approximate surface area is 150 Å². The largest absolute Gasteiger partial charge is 0.493 e. The van der Waals surface area contributed by atoms with Crippen LogP contribution in [0.1, 0.15) is 17.2 Å². The highest BCUT2D eigenvalue weighted by Gasteiger charge is 2.13. The van der Waals surface area contributed by atoms with Gasteiger partial charge in [-0.3, -0.25) is 14.9 Å². The van der Waals surface area contributed by atoms with Crippen LogP contribution >= 0.6 is 0 Å². The number of hydrogen-bond acceptors (Lipinski definition) is 6. The molecule has 1 unspecified atom stereocenters. The van der Waals surface area contributed by atoms with Crippen LogP contribution in [0.4, 0.5) is 5.69 Å². The van der Waals surface area contributed by atoms with Gasteiger partial charge < -0.3 is 19.9 Å². The maximum absolute atomic E-state index is 12.1. The maximum Gasteiger partial charge on any atom is 0.269 e. The Morgan fingerprint density at radius 2 is 1.81 bits per heavy atom. The number of aliphatic hydroxyl groups excluding tert-OH is 1. The van der Waals surface area contributed by atoms with Gasteiger partial charge in [-0.1, -0.05) is 6.07 Å². The number of methoxy groups -OCH3 is 2. The Morgan fingerprint density at radius 3 is 2.38 bits per heavy atom. The van der Waals surface area contributed by atoms with Crippen LogP contribution in [0.15, 0.2) is 42.5 Å². The van der Waals surface area contributed by atoms with Gasteiger partial charge >= 0.3 is 0 Å². The number of ether oxygens (including phenoxy) is 2. The number of nitro benzene ring substituents is 1. The summed E-state index contributed by atoms with van der Waals surface area (Å²) in [6, 6.07) is 10.7. The van der Waals surface area contributed by atoms with E-state index in [0.29, 0.717) is 17.1 Å². The van der Waals surface area contributed by atoms with E-state index in [1.807, 2.05) is 0 Å². The molecular formula is C18H20N2O6. The van der Waals surface area contributed by atoms with Crippen LogP contribution in [0, 0.1) is 10.1 Å². The highest BCUT2D eigenvalue weighted by Crippen LogP contribution is 2.27. The first-order valence-corrected chi connectivity index (χ1v) is 7.84. The van der Waals surface area contributed by atoms with Crippen molar-refractivity contribution in [3.63, 3.8) is 0 Å². The summed E-state index contributed by atoms with van der Waals surface area (Å²) in [4.78, 5) is 22.2. The van der Waals surface area contributed by atoms with E-state index in [1.54, 1.807) is 18.2 Å². The van der Waals surface area contributed by atoms with Crippen LogP contribution in [-0.4, -0.2) is 36.7 Å². The second kappa shape index (κ2) is 8.82. The number of rotatable bonds is 8. The number of nitrogens with zero attached hydrogens (tertiary/aromatic N) is 1. The summed E-state index contributed by atoms with van der Waals surface area (Å²) in [5.41, 5.74) is 1.17. The summed E-state index contributed by atoms with van der Waals surface area (Å²) >= 11 is 0. The number of amides is 1. The first-order valence-electron chi connectivity index (χ1n) is 7.84. The van der Waals surface area contributed by atoms with Gasteiger partial charge in [0.2, 0.25) is 5.91 Å². The van der Waals surface area contributed by atoms with Gasteiger partial charge in [0.1, 0.15) is 0 Å². The number of aliphatic hydroxyl groups is 1. The molecule has 0 fully saturated rings. The zero-order valence-corrected chi connectivity index (χ0v) is 14.5. The predicted molar refractivity (Wildman–Crippen MR) is 94.3 cm³/mol. The lowest BCUT2D eigenvalue weighted by molar-refractivity contribution is -0.384. The van der Waals surface area contributed by atoms with Crippen molar-refractivity contribution in [1.82, 2.24) is 5.32 Å². The number of carbonyl (C=O) groups is 1. The first-order chi connectivity index (χ1) is 12.4. The molecule has 2 rings (SSSR count). The lowest BCUT2D eigenvalue weighted by atomic mass is 10.1. The molecule has 2 aromatic rings. The molecule has 0 aromatic heterocycles. The fraction of sp³-hybridized carbons (Fsp3) is 0.278. The summed E-state index contributed by atoms with van der Waals surface area (Å²) < 4.78 is 10.3. The summed E-state index contributed by atoms with van der Waals surface area (Å²) in [6.07, 6.45) is -0.835. The first kappa shape index (κ1) is 19.2. The third-order valence-electron chi connectivity index (χ3n) is 3.79. The van der Waals surface area contributed by atoms with Crippen LogP contribution in [0.3, 0.4) is 0 Å². The maximum atomic E-state index is 12.1. The van der Waals surface area contributed by atoms with Gasteiger partial charge in [-0.25, -0.2) is 0 Å². The van der Waals surface area contributed by atoms with E-state index < -0.39 is 11.0 Å². The lowest BCUT2D eigenvalue weighted by Crippen LogP contribution is -2.29. The number of hydrogen-bond donors (Lipinski definition) is 2. The smallest absolute Gasteiger partial charge is 0.269 e. The van der Waals surface area contributed by atoms with E-state index in [2.05, 4.69) is 5.32 Å². The zero-order valence-electron chi connectivity index (χ0n) is 14.5. The number of carbonyl (C=O) groups excluding carboxylic acids is 1. The molecule has 2 aromatic carbocycles. The zero-order chi connectivity index (χ0) is 19.1.